The predicted molar refractivity (Wildman–Crippen MR) is 101 cm³/mol. The van der Waals surface area contributed by atoms with Gasteiger partial charge in [-0.3, -0.25) is 15.2 Å². The average Bonchev–Trinajstić information content (AvgIpc) is 3.39. The first-order chi connectivity index (χ1) is 12.8. The molecule has 1 fully saturated rings. The maximum Gasteiger partial charge on any atom is 0.264 e. The summed E-state index contributed by atoms with van der Waals surface area (Å²) in [5, 5.41) is 18.1. The molecular weight excluding hydrogens is 350 g/mol. The molecule has 128 valence electrons. The highest BCUT2D eigenvalue weighted by molar-refractivity contribution is 8.18. The lowest BCUT2D eigenvalue weighted by molar-refractivity contribution is -0.115. The zero-order chi connectivity index (χ0) is 17.8. The third kappa shape index (κ3) is 3.50. The molecule has 0 aliphatic carbocycles. The number of hydrogen-bond acceptors (Lipinski definition) is 6. The van der Waals surface area contributed by atoms with E-state index in [4.69, 9.17) is 4.42 Å². The van der Waals surface area contributed by atoms with E-state index in [1.807, 2.05) is 30.3 Å². The number of amidine groups is 1. The highest BCUT2D eigenvalue weighted by Crippen LogP contribution is 2.29. The van der Waals surface area contributed by atoms with Gasteiger partial charge in [-0.15, -0.1) is 5.10 Å². The molecule has 3 aromatic rings. The number of H-pyrrole nitrogens is 1. The van der Waals surface area contributed by atoms with Gasteiger partial charge >= 0.3 is 0 Å². The Bertz CT molecular complexity index is 1000. The van der Waals surface area contributed by atoms with Crippen molar-refractivity contribution in [2.24, 2.45) is 10.2 Å². The average molecular weight is 363 g/mol. The standard InChI is InChI=1S/C18H13N5O2S/c24-17-15(26-18(21-17)23-20-11-14-7-4-8-25-14)9-13-10-19-22-16(13)12-5-2-1-3-6-12/h1-11H,(H,19,22)(H,21,23,24). The first-order valence-corrected chi connectivity index (χ1v) is 8.55. The van der Waals surface area contributed by atoms with Gasteiger partial charge in [0.1, 0.15) is 5.76 Å². The van der Waals surface area contributed by atoms with Crippen molar-refractivity contribution >= 4 is 35.1 Å². The lowest BCUT2D eigenvalue weighted by Gasteiger charge is -1.99. The van der Waals surface area contributed by atoms with Crippen molar-refractivity contribution in [1.29, 1.82) is 0 Å². The monoisotopic (exact) mass is 363 g/mol. The molecule has 1 aliphatic rings. The van der Waals surface area contributed by atoms with Crippen LogP contribution < -0.4 is 5.32 Å². The number of hydrogen-bond donors (Lipinski definition) is 2. The van der Waals surface area contributed by atoms with Gasteiger partial charge in [-0.05, 0) is 30.0 Å². The third-order valence-electron chi connectivity index (χ3n) is 3.55. The minimum Gasteiger partial charge on any atom is -0.463 e. The van der Waals surface area contributed by atoms with Crippen molar-refractivity contribution in [2.45, 2.75) is 0 Å². The highest BCUT2D eigenvalue weighted by atomic mass is 32.2. The molecule has 0 radical (unpaired) electrons. The molecule has 0 bridgehead atoms. The van der Waals surface area contributed by atoms with Gasteiger partial charge in [0.2, 0.25) is 0 Å². The second-order valence-corrected chi connectivity index (χ2v) is 6.33. The number of furan rings is 1. The smallest absolute Gasteiger partial charge is 0.264 e. The molecular formula is C18H13N5O2S. The number of carbonyl (C=O) groups is 1. The summed E-state index contributed by atoms with van der Waals surface area (Å²) in [7, 11) is 0. The molecule has 1 saturated heterocycles. The molecule has 26 heavy (non-hydrogen) atoms. The molecule has 1 amide bonds. The van der Waals surface area contributed by atoms with Crippen molar-refractivity contribution in [3.05, 3.63) is 71.2 Å². The summed E-state index contributed by atoms with van der Waals surface area (Å²) in [6.07, 6.45) is 6.50. The Balaban J connectivity index is 1.54. The van der Waals surface area contributed by atoms with Crippen LogP contribution in [0.4, 0.5) is 0 Å². The van der Waals surface area contributed by atoms with Crippen molar-refractivity contribution in [2.75, 3.05) is 0 Å². The maximum absolute atomic E-state index is 12.2. The van der Waals surface area contributed by atoms with E-state index in [0.717, 1.165) is 16.8 Å². The Morgan fingerprint density at radius 2 is 2.04 bits per heavy atom. The Labute approximate surface area is 152 Å². The largest absolute Gasteiger partial charge is 0.463 e. The maximum atomic E-state index is 12.2. The van der Waals surface area contributed by atoms with E-state index in [-0.39, 0.29) is 5.91 Å². The van der Waals surface area contributed by atoms with Crippen LogP contribution in [0.2, 0.25) is 0 Å². The van der Waals surface area contributed by atoms with Crippen LogP contribution in [0.15, 0.2) is 74.4 Å². The van der Waals surface area contributed by atoms with Gasteiger partial charge in [0.15, 0.2) is 5.17 Å². The Morgan fingerprint density at radius 1 is 1.15 bits per heavy atom. The van der Waals surface area contributed by atoms with E-state index in [1.165, 1.54) is 18.0 Å². The molecule has 7 nitrogen and oxygen atoms in total. The van der Waals surface area contributed by atoms with Gasteiger partial charge in [-0.2, -0.15) is 10.2 Å². The van der Waals surface area contributed by atoms with Gasteiger partial charge in [-0.25, -0.2) is 0 Å². The minimum atomic E-state index is -0.220. The third-order valence-corrected chi connectivity index (χ3v) is 4.45. The highest BCUT2D eigenvalue weighted by Gasteiger charge is 2.24. The molecule has 0 saturated carbocycles. The quantitative estimate of drug-likeness (QED) is 0.422. The van der Waals surface area contributed by atoms with E-state index in [0.29, 0.717) is 15.8 Å². The van der Waals surface area contributed by atoms with E-state index in [9.17, 15) is 4.79 Å². The summed E-state index contributed by atoms with van der Waals surface area (Å²) in [4.78, 5) is 12.7. The predicted octanol–water partition coefficient (Wildman–Crippen LogP) is 3.26. The molecule has 3 heterocycles. The fourth-order valence-corrected chi connectivity index (χ4v) is 3.13. The molecule has 1 aromatic carbocycles. The van der Waals surface area contributed by atoms with Gasteiger partial charge in [0.25, 0.3) is 5.91 Å². The normalized spacial score (nSPS) is 17.5. The van der Waals surface area contributed by atoms with Gasteiger partial charge in [-0.1, -0.05) is 30.3 Å². The van der Waals surface area contributed by atoms with Gasteiger partial charge < -0.3 is 4.42 Å². The van der Waals surface area contributed by atoms with Crippen LogP contribution in [0.3, 0.4) is 0 Å². The van der Waals surface area contributed by atoms with Crippen LogP contribution in [0, 0.1) is 0 Å². The van der Waals surface area contributed by atoms with Gasteiger partial charge in [0.05, 0.1) is 29.3 Å². The van der Waals surface area contributed by atoms with Crippen LogP contribution in [0.5, 0.6) is 0 Å². The molecule has 0 unspecified atom stereocenters. The lowest BCUT2D eigenvalue weighted by Crippen LogP contribution is -2.19. The molecule has 0 spiro atoms. The Morgan fingerprint density at radius 3 is 2.85 bits per heavy atom. The lowest BCUT2D eigenvalue weighted by atomic mass is 10.1. The molecule has 8 heteroatoms. The topological polar surface area (TPSA) is 95.6 Å². The summed E-state index contributed by atoms with van der Waals surface area (Å²) in [5.41, 5.74) is 2.68. The number of benzene rings is 1. The van der Waals surface area contributed by atoms with E-state index < -0.39 is 0 Å². The summed E-state index contributed by atoms with van der Waals surface area (Å²) in [6.45, 7) is 0. The molecule has 4 rings (SSSR count). The summed E-state index contributed by atoms with van der Waals surface area (Å²) in [5.74, 6) is 0.368. The number of carbonyl (C=O) groups excluding carboxylic acids is 1. The Hall–Kier alpha value is -3.39. The first kappa shape index (κ1) is 16.1. The fourth-order valence-electron chi connectivity index (χ4n) is 2.36. The second kappa shape index (κ2) is 7.24. The van der Waals surface area contributed by atoms with Crippen molar-refractivity contribution in [3.63, 3.8) is 0 Å². The van der Waals surface area contributed by atoms with E-state index >= 15 is 0 Å². The van der Waals surface area contributed by atoms with Crippen LogP contribution in [-0.4, -0.2) is 27.5 Å². The molecule has 0 atom stereocenters. The minimum absolute atomic E-state index is 0.220. The van der Waals surface area contributed by atoms with Crippen molar-refractivity contribution in [3.8, 4) is 11.3 Å². The number of thioether (sulfide) groups is 1. The molecule has 1 aliphatic heterocycles. The number of nitrogens with zero attached hydrogens (tertiary/aromatic N) is 3. The van der Waals surface area contributed by atoms with Crippen LogP contribution in [-0.2, 0) is 4.79 Å². The summed E-state index contributed by atoms with van der Waals surface area (Å²) in [6, 6.07) is 13.3. The number of aromatic nitrogens is 2. The number of nitrogens with one attached hydrogen (secondary N) is 2. The van der Waals surface area contributed by atoms with E-state index in [2.05, 4.69) is 25.7 Å². The van der Waals surface area contributed by atoms with Crippen molar-refractivity contribution < 1.29 is 9.21 Å². The van der Waals surface area contributed by atoms with Crippen molar-refractivity contribution in [1.82, 2.24) is 15.5 Å². The summed E-state index contributed by atoms with van der Waals surface area (Å²) < 4.78 is 5.13. The molecule has 2 aromatic heterocycles. The van der Waals surface area contributed by atoms with Gasteiger partial charge in [0, 0.05) is 11.1 Å². The Kier molecular flexibility index (Phi) is 4.48. The van der Waals surface area contributed by atoms with Crippen LogP contribution in [0.25, 0.3) is 17.3 Å². The zero-order valence-corrected chi connectivity index (χ0v) is 14.2. The number of rotatable bonds is 4. The van der Waals surface area contributed by atoms with Crippen LogP contribution in [0.1, 0.15) is 11.3 Å². The number of amides is 1. The number of aromatic amines is 1. The van der Waals surface area contributed by atoms with Crippen LogP contribution >= 0.6 is 11.8 Å². The molecule has 2 N–H and O–H groups in total. The fraction of sp³-hybridized carbons (Fsp3) is 0. The zero-order valence-electron chi connectivity index (χ0n) is 13.4. The SMILES string of the molecule is O=C1NC(=NN=Cc2ccco2)SC1=Cc1cn[nH]c1-c1ccccc1. The second-order valence-electron chi connectivity index (χ2n) is 5.30. The summed E-state index contributed by atoms with van der Waals surface area (Å²) >= 11 is 1.22. The first-order valence-electron chi connectivity index (χ1n) is 7.74. The van der Waals surface area contributed by atoms with E-state index in [1.54, 1.807) is 30.7 Å².